The van der Waals surface area contributed by atoms with Gasteiger partial charge in [0.25, 0.3) is 0 Å². The number of hydrogen-bond donors (Lipinski definition) is 2. The molecule has 0 aliphatic carbocycles. The fourth-order valence-corrected chi connectivity index (χ4v) is 1.17. The molecule has 0 bridgehead atoms. The van der Waals surface area contributed by atoms with Gasteiger partial charge in [-0.2, -0.15) is 8.78 Å². The SMILES string of the molecule is CCC(C)(C)C(=O)Nc1c(F)c(F)c(O)c(F)c1F. The molecule has 0 saturated carbocycles. The average Bonchev–Trinajstić information content (AvgIpc) is 2.38. The number of aromatic hydroxyl groups is 1. The number of halogens is 4. The Morgan fingerprint density at radius 3 is 1.89 bits per heavy atom. The smallest absolute Gasteiger partial charge is 0.230 e. The van der Waals surface area contributed by atoms with E-state index in [0.29, 0.717) is 6.42 Å². The van der Waals surface area contributed by atoms with Crippen LogP contribution in [-0.4, -0.2) is 11.0 Å². The summed E-state index contributed by atoms with van der Waals surface area (Å²) in [6, 6.07) is 0. The van der Waals surface area contributed by atoms with E-state index in [0.717, 1.165) is 0 Å². The third-order valence-electron chi connectivity index (χ3n) is 2.98. The van der Waals surface area contributed by atoms with Crippen molar-refractivity contribution < 1.29 is 27.5 Å². The zero-order valence-corrected chi connectivity index (χ0v) is 10.6. The van der Waals surface area contributed by atoms with Gasteiger partial charge in [-0.15, -0.1) is 0 Å². The second-order valence-electron chi connectivity index (χ2n) is 4.67. The van der Waals surface area contributed by atoms with Crippen molar-refractivity contribution in [1.82, 2.24) is 0 Å². The van der Waals surface area contributed by atoms with Crippen molar-refractivity contribution in [3.63, 3.8) is 0 Å². The summed E-state index contributed by atoms with van der Waals surface area (Å²) in [7, 11) is 0. The lowest BCUT2D eigenvalue weighted by molar-refractivity contribution is -0.124. The van der Waals surface area contributed by atoms with Gasteiger partial charge < -0.3 is 10.4 Å². The molecule has 3 nitrogen and oxygen atoms in total. The van der Waals surface area contributed by atoms with Gasteiger partial charge in [-0.3, -0.25) is 4.79 Å². The van der Waals surface area contributed by atoms with Gasteiger partial charge in [-0.05, 0) is 6.42 Å². The van der Waals surface area contributed by atoms with E-state index >= 15 is 0 Å². The second kappa shape index (κ2) is 5.07. The third-order valence-corrected chi connectivity index (χ3v) is 2.98. The van der Waals surface area contributed by atoms with Gasteiger partial charge in [-0.25, -0.2) is 8.78 Å². The maximum Gasteiger partial charge on any atom is 0.230 e. The van der Waals surface area contributed by atoms with Crippen LogP contribution in [0.2, 0.25) is 0 Å². The zero-order chi connectivity index (χ0) is 15.0. The van der Waals surface area contributed by atoms with E-state index in [1.165, 1.54) is 13.8 Å². The second-order valence-corrected chi connectivity index (χ2v) is 4.67. The molecule has 0 fully saturated rings. The van der Waals surface area contributed by atoms with Crippen molar-refractivity contribution in [2.45, 2.75) is 27.2 Å². The number of phenols is 1. The fourth-order valence-electron chi connectivity index (χ4n) is 1.17. The number of rotatable bonds is 3. The van der Waals surface area contributed by atoms with Gasteiger partial charge in [0.2, 0.25) is 17.5 Å². The van der Waals surface area contributed by atoms with Crippen LogP contribution >= 0.6 is 0 Å². The molecule has 2 N–H and O–H groups in total. The van der Waals surface area contributed by atoms with E-state index in [2.05, 4.69) is 0 Å². The Balaban J connectivity index is 3.27. The van der Waals surface area contributed by atoms with Crippen LogP contribution in [0.1, 0.15) is 27.2 Å². The van der Waals surface area contributed by atoms with Gasteiger partial charge in [0.1, 0.15) is 5.69 Å². The molecular formula is C12H13F4NO2. The summed E-state index contributed by atoms with van der Waals surface area (Å²) >= 11 is 0. The first kappa shape index (κ1) is 15.3. The Bertz CT molecular complexity index is 500. The first-order valence-corrected chi connectivity index (χ1v) is 5.49. The van der Waals surface area contributed by atoms with Crippen LogP contribution in [0.25, 0.3) is 0 Å². The highest BCUT2D eigenvalue weighted by molar-refractivity contribution is 5.95. The molecule has 1 aromatic carbocycles. The van der Waals surface area contributed by atoms with E-state index in [1.54, 1.807) is 12.2 Å². The predicted molar refractivity (Wildman–Crippen MR) is 60.6 cm³/mol. The van der Waals surface area contributed by atoms with E-state index in [4.69, 9.17) is 5.11 Å². The van der Waals surface area contributed by atoms with Crippen LogP contribution in [0.15, 0.2) is 0 Å². The molecule has 0 heterocycles. The lowest BCUT2D eigenvalue weighted by atomic mass is 9.89. The van der Waals surface area contributed by atoms with Gasteiger partial charge in [0, 0.05) is 5.41 Å². The topological polar surface area (TPSA) is 49.3 Å². The molecular weight excluding hydrogens is 266 g/mol. The summed E-state index contributed by atoms with van der Waals surface area (Å²) in [6.45, 7) is 4.68. The van der Waals surface area contributed by atoms with Crippen molar-refractivity contribution in [3.05, 3.63) is 23.3 Å². The molecule has 7 heteroatoms. The van der Waals surface area contributed by atoms with Crippen molar-refractivity contribution in [1.29, 1.82) is 0 Å². The van der Waals surface area contributed by atoms with Crippen LogP contribution in [0.3, 0.4) is 0 Å². The zero-order valence-electron chi connectivity index (χ0n) is 10.6. The van der Waals surface area contributed by atoms with Gasteiger partial charge in [0.05, 0.1) is 0 Å². The first-order valence-electron chi connectivity index (χ1n) is 5.49. The van der Waals surface area contributed by atoms with Crippen LogP contribution < -0.4 is 5.32 Å². The van der Waals surface area contributed by atoms with Crippen LogP contribution in [-0.2, 0) is 4.79 Å². The maximum atomic E-state index is 13.4. The van der Waals surface area contributed by atoms with Crippen molar-refractivity contribution in [3.8, 4) is 5.75 Å². The number of nitrogens with one attached hydrogen (secondary N) is 1. The normalized spacial score (nSPS) is 11.5. The number of anilines is 1. The largest absolute Gasteiger partial charge is 0.503 e. The summed E-state index contributed by atoms with van der Waals surface area (Å²) in [6.07, 6.45) is 0.352. The Kier molecular flexibility index (Phi) is 4.07. The molecule has 0 aromatic heterocycles. The number of carbonyl (C=O) groups is 1. The molecule has 106 valence electrons. The van der Waals surface area contributed by atoms with Crippen LogP contribution in [0.5, 0.6) is 5.75 Å². The molecule has 0 radical (unpaired) electrons. The Morgan fingerprint density at radius 2 is 1.53 bits per heavy atom. The first-order chi connectivity index (χ1) is 8.63. The average molecular weight is 279 g/mol. The molecule has 0 spiro atoms. The molecule has 0 saturated heterocycles. The van der Waals surface area contributed by atoms with Gasteiger partial charge >= 0.3 is 0 Å². The standard InChI is InChI=1S/C12H13F4NO2/c1-4-12(2,3)11(19)17-9-5(13)7(15)10(18)8(16)6(9)14/h18H,4H2,1-3H3,(H,17,19). The van der Waals surface area contributed by atoms with Crippen molar-refractivity contribution in [2.24, 2.45) is 5.41 Å². The van der Waals surface area contributed by atoms with Gasteiger partial charge in [0.15, 0.2) is 17.4 Å². The summed E-state index contributed by atoms with van der Waals surface area (Å²) in [5, 5.41) is 10.6. The molecule has 1 rings (SSSR count). The molecule has 0 aliphatic heterocycles. The summed E-state index contributed by atoms with van der Waals surface area (Å²) in [5.41, 5.74) is -2.22. The van der Waals surface area contributed by atoms with Gasteiger partial charge in [-0.1, -0.05) is 20.8 Å². The van der Waals surface area contributed by atoms with E-state index < -0.39 is 46.0 Å². The molecule has 1 amide bonds. The minimum Gasteiger partial charge on any atom is -0.503 e. The third kappa shape index (κ3) is 2.64. The lowest BCUT2D eigenvalue weighted by Gasteiger charge is -2.22. The summed E-state index contributed by atoms with van der Waals surface area (Å²) in [5.74, 6) is -10.2. The summed E-state index contributed by atoms with van der Waals surface area (Å²) < 4.78 is 53.0. The number of amides is 1. The Hall–Kier alpha value is -1.79. The molecule has 0 unspecified atom stereocenters. The minimum atomic E-state index is -1.96. The Labute approximate surface area is 107 Å². The molecule has 19 heavy (non-hydrogen) atoms. The number of benzene rings is 1. The molecule has 1 aromatic rings. The predicted octanol–water partition coefficient (Wildman–Crippen LogP) is 3.32. The van der Waals surface area contributed by atoms with Crippen molar-refractivity contribution >= 4 is 11.6 Å². The number of phenolic OH excluding ortho intramolecular Hbond substituents is 1. The number of carbonyl (C=O) groups excluding carboxylic acids is 1. The lowest BCUT2D eigenvalue weighted by Crippen LogP contribution is -2.31. The molecule has 0 aliphatic rings. The minimum absolute atomic E-state index is 0.352. The fraction of sp³-hybridized carbons (Fsp3) is 0.417. The Morgan fingerprint density at radius 1 is 1.11 bits per heavy atom. The number of hydrogen-bond acceptors (Lipinski definition) is 2. The quantitative estimate of drug-likeness (QED) is 0.506. The van der Waals surface area contributed by atoms with E-state index in [1.807, 2.05) is 0 Å². The summed E-state index contributed by atoms with van der Waals surface area (Å²) in [4.78, 5) is 11.7. The van der Waals surface area contributed by atoms with Crippen LogP contribution in [0, 0.1) is 28.7 Å². The van der Waals surface area contributed by atoms with E-state index in [9.17, 15) is 22.4 Å². The highest BCUT2D eigenvalue weighted by Gasteiger charge is 2.31. The van der Waals surface area contributed by atoms with Crippen molar-refractivity contribution in [2.75, 3.05) is 5.32 Å². The van der Waals surface area contributed by atoms with Crippen LogP contribution in [0.4, 0.5) is 23.2 Å². The highest BCUT2D eigenvalue weighted by atomic mass is 19.2. The molecule has 0 atom stereocenters. The monoisotopic (exact) mass is 279 g/mol. The highest BCUT2D eigenvalue weighted by Crippen LogP contribution is 2.33. The maximum absolute atomic E-state index is 13.4. The van der Waals surface area contributed by atoms with E-state index in [-0.39, 0.29) is 0 Å².